The Morgan fingerprint density at radius 3 is 2.29 bits per heavy atom. The fraction of sp³-hybridized carbons (Fsp3) is 0.667. The first-order valence-electron chi connectivity index (χ1n) is 7.97. The molecule has 21 heavy (non-hydrogen) atoms. The van der Waals surface area contributed by atoms with Crippen LogP contribution < -0.4 is 5.73 Å². The Morgan fingerprint density at radius 1 is 1.24 bits per heavy atom. The fourth-order valence-electron chi connectivity index (χ4n) is 3.89. The summed E-state index contributed by atoms with van der Waals surface area (Å²) in [5.74, 6) is 0.592. The van der Waals surface area contributed by atoms with Gasteiger partial charge in [-0.25, -0.2) is 4.39 Å². The third-order valence-corrected chi connectivity index (χ3v) is 5.40. The molecule has 1 unspecified atom stereocenters. The van der Waals surface area contributed by atoms with E-state index in [4.69, 9.17) is 5.73 Å². The number of likely N-dealkylation sites (N-methyl/N-ethyl adjacent to an activating group) is 1. The van der Waals surface area contributed by atoms with Crippen LogP contribution in [0.3, 0.4) is 0 Å². The summed E-state index contributed by atoms with van der Waals surface area (Å²) >= 11 is 0. The van der Waals surface area contributed by atoms with Gasteiger partial charge in [-0.2, -0.15) is 0 Å². The molecule has 0 amide bonds. The highest BCUT2D eigenvalue weighted by Crippen LogP contribution is 2.43. The molecule has 1 aliphatic carbocycles. The van der Waals surface area contributed by atoms with Crippen LogP contribution >= 0.6 is 0 Å². The molecule has 0 saturated heterocycles. The van der Waals surface area contributed by atoms with Crippen LogP contribution in [0.15, 0.2) is 12.1 Å². The summed E-state index contributed by atoms with van der Waals surface area (Å²) in [6.07, 6.45) is 4.40. The summed E-state index contributed by atoms with van der Waals surface area (Å²) in [4.78, 5) is 2.22. The minimum atomic E-state index is -0.277. The minimum Gasteiger partial charge on any atom is -0.322 e. The van der Waals surface area contributed by atoms with E-state index < -0.39 is 0 Å². The van der Waals surface area contributed by atoms with Crippen molar-refractivity contribution >= 4 is 0 Å². The first-order chi connectivity index (χ1) is 9.78. The Kier molecular flexibility index (Phi) is 4.74. The SMILES string of the molecule is Cc1cc(C)c(C(N)C2(N(C)C)CCC(C)CC2)c(F)c1. The van der Waals surface area contributed by atoms with Gasteiger partial charge in [-0.1, -0.05) is 13.0 Å². The number of halogens is 1. The summed E-state index contributed by atoms with van der Waals surface area (Å²) in [7, 11) is 4.16. The van der Waals surface area contributed by atoms with Crippen LogP contribution in [0.1, 0.15) is 55.3 Å². The lowest BCUT2D eigenvalue weighted by molar-refractivity contribution is 0.0551. The summed E-state index contributed by atoms with van der Waals surface area (Å²) in [6, 6.07) is 3.37. The third kappa shape index (κ3) is 3.00. The van der Waals surface area contributed by atoms with E-state index in [2.05, 4.69) is 25.9 Å². The van der Waals surface area contributed by atoms with Crippen molar-refractivity contribution < 1.29 is 4.39 Å². The topological polar surface area (TPSA) is 29.3 Å². The first-order valence-corrected chi connectivity index (χ1v) is 7.97. The van der Waals surface area contributed by atoms with Gasteiger partial charge in [-0.15, -0.1) is 0 Å². The lowest BCUT2D eigenvalue weighted by atomic mass is 9.70. The van der Waals surface area contributed by atoms with E-state index >= 15 is 0 Å². The zero-order valence-electron chi connectivity index (χ0n) is 14.0. The summed E-state index contributed by atoms with van der Waals surface area (Å²) in [6.45, 7) is 6.19. The van der Waals surface area contributed by atoms with E-state index in [9.17, 15) is 4.39 Å². The standard InChI is InChI=1S/C18H29FN2/c1-12-6-8-18(9-7-12,21(4)5)17(20)16-14(3)10-13(2)11-15(16)19/h10-12,17H,6-9,20H2,1-5H3. The minimum absolute atomic E-state index is 0.132. The quantitative estimate of drug-likeness (QED) is 0.914. The molecule has 0 aromatic heterocycles. The van der Waals surface area contributed by atoms with Gasteiger partial charge in [0, 0.05) is 11.1 Å². The molecule has 2 N–H and O–H groups in total. The molecule has 1 aromatic rings. The molecule has 1 fully saturated rings. The zero-order valence-corrected chi connectivity index (χ0v) is 14.0. The van der Waals surface area contributed by atoms with E-state index in [1.54, 1.807) is 6.07 Å². The maximum absolute atomic E-state index is 14.5. The molecular formula is C18H29FN2. The van der Waals surface area contributed by atoms with Gasteiger partial charge in [0.2, 0.25) is 0 Å². The number of nitrogens with zero attached hydrogens (tertiary/aromatic N) is 1. The van der Waals surface area contributed by atoms with Gasteiger partial charge in [0.25, 0.3) is 0 Å². The Labute approximate surface area is 128 Å². The average Bonchev–Trinajstić information content (AvgIpc) is 2.38. The second-order valence-electron chi connectivity index (χ2n) is 7.14. The van der Waals surface area contributed by atoms with Crippen molar-refractivity contribution in [3.05, 3.63) is 34.6 Å². The van der Waals surface area contributed by atoms with Crippen molar-refractivity contribution in [1.82, 2.24) is 4.90 Å². The number of hydrogen-bond acceptors (Lipinski definition) is 2. The number of nitrogens with two attached hydrogens (primary N) is 1. The monoisotopic (exact) mass is 292 g/mol. The van der Waals surface area contributed by atoms with Crippen molar-refractivity contribution in [3.8, 4) is 0 Å². The van der Waals surface area contributed by atoms with Crippen LogP contribution in [0.5, 0.6) is 0 Å². The number of aryl methyl sites for hydroxylation is 2. The predicted octanol–water partition coefficient (Wildman–Crippen LogP) is 3.95. The van der Waals surface area contributed by atoms with Crippen molar-refractivity contribution in [2.24, 2.45) is 11.7 Å². The Bertz CT molecular complexity index is 479. The van der Waals surface area contributed by atoms with Crippen molar-refractivity contribution in [2.45, 2.75) is 58.0 Å². The van der Waals surface area contributed by atoms with Gasteiger partial charge in [0.05, 0.1) is 6.04 Å². The highest BCUT2D eigenvalue weighted by atomic mass is 19.1. The van der Waals surface area contributed by atoms with Gasteiger partial charge in [0.1, 0.15) is 5.82 Å². The molecule has 0 radical (unpaired) electrons. The third-order valence-electron chi connectivity index (χ3n) is 5.40. The molecule has 0 spiro atoms. The van der Waals surface area contributed by atoms with Gasteiger partial charge < -0.3 is 10.6 Å². The van der Waals surface area contributed by atoms with E-state index in [-0.39, 0.29) is 17.4 Å². The second kappa shape index (κ2) is 6.05. The van der Waals surface area contributed by atoms with Gasteiger partial charge in [-0.05, 0) is 76.7 Å². The first kappa shape index (κ1) is 16.4. The Morgan fingerprint density at radius 2 is 1.81 bits per heavy atom. The Hall–Kier alpha value is -0.930. The highest BCUT2D eigenvalue weighted by molar-refractivity contribution is 5.36. The highest BCUT2D eigenvalue weighted by Gasteiger charge is 2.43. The van der Waals surface area contributed by atoms with E-state index in [1.165, 1.54) is 12.8 Å². The zero-order chi connectivity index (χ0) is 15.8. The second-order valence-corrected chi connectivity index (χ2v) is 7.14. The molecule has 1 aliphatic rings. The van der Waals surface area contributed by atoms with Crippen molar-refractivity contribution in [2.75, 3.05) is 14.1 Å². The molecule has 0 heterocycles. The summed E-state index contributed by atoms with van der Waals surface area (Å²) < 4.78 is 14.5. The predicted molar refractivity (Wildman–Crippen MR) is 86.9 cm³/mol. The fourth-order valence-corrected chi connectivity index (χ4v) is 3.89. The van der Waals surface area contributed by atoms with Crippen LogP contribution in [0.4, 0.5) is 4.39 Å². The molecular weight excluding hydrogens is 263 g/mol. The smallest absolute Gasteiger partial charge is 0.128 e. The van der Waals surface area contributed by atoms with Crippen molar-refractivity contribution in [1.29, 1.82) is 0 Å². The number of hydrogen-bond donors (Lipinski definition) is 1. The number of rotatable bonds is 3. The van der Waals surface area contributed by atoms with E-state index in [0.717, 1.165) is 29.9 Å². The summed E-state index contributed by atoms with van der Waals surface area (Å²) in [5.41, 5.74) is 9.12. The molecule has 2 nitrogen and oxygen atoms in total. The Balaban J connectivity index is 2.42. The molecule has 2 rings (SSSR count). The lowest BCUT2D eigenvalue weighted by Crippen LogP contribution is -2.54. The normalized spacial score (nSPS) is 27.9. The van der Waals surface area contributed by atoms with Crippen molar-refractivity contribution in [3.63, 3.8) is 0 Å². The van der Waals surface area contributed by atoms with Gasteiger partial charge >= 0.3 is 0 Å². The molecule has 1 aromatic carbocycles. The van der Waals surface area contributed by atoms with Crippen LogP contribution in [0.2, 0.25) is 0 Å². The molecule has 0 bridgehead atoms. The van der Waals surface area contributed by atoms with Crippen LogP contribution in [0, 0.1) is 25.6 Å². The number of benzene rings is 1. The molecule has 118 valence electrons. The maximum atomic E-state index is 14.5. The molecule has 0 aliphatic heterocycles. The summed E-state index contributed by atoms with van der Waals surface area (Å²) in [5, 5.41) is 0. The van der Waals surface area contributed by atoms with Crippen LogP contribution in [0.25, 0.3) is 0 Å². The largest absolute Gasteiger partial charge is 0.322 e. The molecule has 1 atom stereocenters. The van der Waals surface area contributed by atoms with Gasteiger partial charge in [0.15, 0.2) is 0 Å². The maximum Gasteiger partial charge on any atom is 0.128 e. The van der Waals surface area contributed by atoms with Crippen LogP contribution in [-0.2, 0) is 0 Å². The van der Waals surface area contributed by atoms with E-state index in [0.29, 0.717) is 5.56 Å². The lowest BCUT2D eigenvalue weighted by Gasteiger charge is -2.49. The van der Waals surface area contributed by atoms with Gasteiger partial charge in [-0.3, -0.25) is 0 Å². The van der Waals surface area contributed by atoms with E-state index in [1.807, 2.05) is 19.9 Å². The average molecular weight is 292 g/mol. The molecule has 1 saturated carbocycles. The molecule has 3 heteroatoms. The van der Waals surface area contributed by atoms with Crippen LogP contribution in [-0.4, -0.2) is 24.5 Å².